The highest BCUT2D eigenvalue weighted by Gasteiger charge is 2.66. The van der Waals surface area contributed by atoms with E-state index < -0.39 is 17.8 Å². The molecule has 1 aliphatic carbocycles. The van der Waals surface area contributed by atoms with Gasteiger partial charge >= 0.3 is 6.18 Å². The van der Waals surface area contributed by atoms with Crippen LogP contribution in [0.25, 0.3) is 22.2 Å². The van der Waals surface area contributed by atoms with Crippen molar-refractivity contribution in [3.8, 4) is 17.3 Å². The number of nitrogens with zero attached hydrogens (tertiary/aromatic N) is 6. The molecule has 1 saturated carbocycles. The van der Waals surface area contributed by atoms with Crippen molar-refractivity contribution in [2.24, 2.45) is 5.41 Å². The van der Waals surface area contributed by atoms with Gasteiger partial charge in [0.1, 0.15) is 11.8 Å². The van der Waals surface area contributed by atoms with Crippen LogP contribution in [0.15, 0.2) is 67.1 Å². The highest BCUT2D eigenvalue weighted by molar-refractivity contribution is 6.35. The van der Waals surface area contributed by atoms with E-state index >= 15 is 0 Å². The monoisotopic (exact) mass is 644 g/mol. The van der Waals surface area contributed by atoms with Gasteiger partial charge in [-0.25, -0.2) is 4.68 Å². The van der Waals surface area contributed by atoms with Crippen molar-refractivity contribution in [2.45, 2.75) is 58.3 Å². The lowest BCUT2D eigenvalue weighted by Gasteiger charge is -2.24. The van der Waals surface area contributed by atoms with Gasteiger partial charge in [0, 0.05) is 35.6 Å². The van der Waals surface area contributed by atoms with Gasteiger partial charge < -0.3 is 10.6 Å². The van der Waals surface area contributed by atoms with Gasteiger partial charge in [0.2, 0.25) is 0 Å². The first-order valence-corrected chi connectivity index (χ1v) is 15.2. The molecule has 0 spiro atoms. The van der Waals surface area contributed by atoms with Crippen LogP contribution in [0.5, 0.6) is 0 Å². The first-order chi connectivity index (χ1) is 21.8. The highest BCUT2D eigenvalue weighted by Crippen LogP contribution is 2.55. The molecule has 3 heterocycles. The number of nitriles is 1. The van der Waals surface area contributed by atoms with Crippen LogP contribution in [0.3, 0.4) is 0 Å². The molecule has 46 heavy (non-hydrogen) atoms. The van der Waals surface area contributed by atoms with Crippen molar-refractivity contribution in [3.63, 3.8) is 0 Å². The number of hydrogen-bond donors (Lipinski definition) is 2. The summed E-state index contributed by atoms with van der Waals surface area (Å²) in [5.74, 6) is 0. The third kappa shape index (κ3) is 5.85. The number of benzene rings is 2. The molecule has 0 bridgehead atoms. The summed E-state index contributed by atoms with van der Waals surface area (Å²) in [7, 11) is 0. The molecule has 0 radical (unpaired) electrons. The predicted octanol–water partition coefficient (Wildman–Crippen LogP) is 8.43. The Kier molecular flexibility index (Phi) is 7.89. The van der Waals surface area contributed by atoms with E-state index in [0.717, 1.165) is 27.1 Å². The number of alkyl halides is 3. The second kappa shape index (κ2) is 11.6. The lowest BCUT2D eigenvalue weighted by Crippen LogP contribution is -2.35. The van der Waals surface area contributed by atoms with Crippen molar-refractivity contribution < 1.29 is 13.2 Å². The van der Waals surface area contributed by atoms with E-state index in [1.54, 1.807) is 12.3 Å². The molecule has 5 aromatic rings. The molecule has 3 aromatic heterocycles. The zero-order chi connectivity index (χ0) is 32.9. The van der Waals surface area contributed by atoms with Gasteiger partial charge in [-0.2, -0.15) is 18.4 Å². The average molecular weight is 645 g/mol. The Morgan fingerprint density at radius 3 is 2.52 bits per heavy atom. The second-order valence-electron chi connectivity index (χ2n) is 12.9. The van der Waals surface area contributed by atoms with Gasteiger partial charge in [-0.05, 0) is 60.6 Å². The van der Waals surface area contributed by atoms with Gasteiger partial charge in [0.25, 0.3) is 0 Å². The normalized spacial score (nSPS) is 14.9. The molecular weight excluding hydrogens is 613 g/mol. The smallest absolute Gasteiger partial charge is 0.383 e. The van der Waals surface area contributed by atoms with Crippen molar-refractivity contribution in [1.82, 2.24) is 25.0 Å². The molecule has 1 fully saturated rings. The lowest BCUT2D eigenvalue weighted by molar-refractivity contribution is -0.182. The van der Waals surface area contributed by atoms with Crippen molar-refractivity contribution >= 4 is 33.9 Å². The van der Waals surface area contributed by atoms with E-state index in [1.807, 2.05) is 49.4 Å². The third-order valence-corrected chi connectivity index (χ3v) is 8.56. The molecule has 1 atom stereocenters. The topological polar surface area (TPSA) is 104 Å². The van der Waals surface area contributed by atoms with Crippen LogP contribution in [0.2, 0.25) is 5.02 Å². The molecule has 6 rings (SSSR count). The maximum Gasteiger partial charge on any atom is 0.413 e. The van der Waals surface area contributed by atoms with E-state index in [2.05, 4.69) is 57.8 Å². The van der Waals surface area contributed by atoms with Gasteiger partial charge in [-0.15, -0.1) is 5.10 Å². The molecule has 0 saturated heterocycles. The van der Waals surface area contributed by atoms with E-state index in [-0.39, 0.29) is 18.3 Å². The Morgan fingerprint density at radius 1 is 1.09 bits per heavy atom. The summed E-state index contributed by atoms with van der Waals surface area (Å²) in [5.41, 5.74) is 3.51. The molecule has 0 unspecified atom stereocenters. The van der Waals surface area contributed by atoms with Crippen LogP contribution in [-0.2, 0) is 5.54 Å². The first kappa shape index (κ1) is 31.3. The minimum absolute atomic E-state index is 0.0512. The minimum Gasteiger partial charge on any atom is -0.383 e. The van der Waals surface area contributed by atoms with Crippen LogP contribution in [-0.4, -0.2) is 37.7 Å². The summed E-state index contributed by atoms with van der Waals surface area (Å²) in [6, 6.07) is 16.4. The highest BCUT2D eigenvalue weighted by atomic mass is 35.5. The number of fused-ring (bicyclic) bond motifs is 1. The second-order valence-corrected chi connectivity index (χ2v) is 13.3. The Bertz CT molecular complexity index is 1950. The molecule has 0 aliphatic heterocycles. The Hall–Kier alpha value is -4.69. The molecular formula is C34H32ClF3N8. The summed E-state index contributed by atoms with van der Waals surface area (Å²) in [6.07, 6.45) is 0.0207. The summed E-state index contributed by atoms with van der Waals surface area (Å²) in [5, 5.41) is 26.0. The average Bonchev–Trinajstić information content (AvgIpc) is 3.70. The Balaban J connectivity index is 1.49. The van der Waals surface area contributed by atoms with Gasteiger partial charge in [0.05, 0.1) is 39.7 Å². The molecule has 8 nitrogen and oxygen atoms in total. The number of aromatic nitrogens is 5. The van der Waals surface area contributed by atoms with Crippen molar-refractivity contribution in [1.29, 1.82) is 5.26 Å². The predicted molar refractivity (Wildman–Crippen MR) is 173 cm³/mol. The zero-order valence-electron chi connectivity index (χ0n) is 25.7. The number of anilines is 2. The standard InChI is InChI=1S/C34H32ClF3N8/c1-20-23(27-10-5-6-13-40-27)8-7-9-24(20)31(28-18-46(45-44-28)33(11-12-33)34(36,37)38)43-22-14-25-29(42-19-32(2,3)4)21(16-39)17-41-30(25)26(35)15-22/h5-10,13-15,17-18,31,43H,11-12,19H2,1-4H3,(H,41,42)/t31-/m0/s1. The fraction of sp³-hybridized carbons (Fsp3) is 0.324. The Morgan fingerprint density at radius 2 is 1.87 bits per heavy atom. The summed E-state index contributed by atoms with van der Waals surface area (Å²) >= 11 is 6.78. The number of nitrogens with one attached hydrogen (secondary N) is 2. The Labute approximate surface area is 269 Å². The van der Waals surface area contributed by atoms with Crippen LogP contribution >= 0.6 is 11.6 Å². The number of halogens is 4. The van der Waals surface area contributed by atoms with E-state index in [9.17, 15) is 18.4 Å². The van der Waals surface area contributed by atoms with Gasteiger partial charge in [-0.1, -0.05) is 61.9 Å². The quantitative estimate of drug-likeness (QED) is 0.175. The number of pyridine rings is 2. The van der Waals surface area contributed by atoms with Crippen LogP contribution in [0.4, 0.5) is 24.5 Å². The van der Waals surface area contributed by atoms with Crippen LogP contribution in [0, 0.1) is 23.7 Å². The van der Waals surface area contributed by atoms with Crippen molar-refractivity contribution in [3.05, 3.63) is 94.5 Å². The SMILES string of the molecule is Cc1c(-c2ccccn2)cccc1[C@H](Nc1cc(Cl)c2ncc(C#N)c(NCC(C)(C)C)c2c1)c1cn(C2(C(F)(F)F)CC2)nn1. The summed E-state index contributed by atoms with van der Waals surface area (Å²) in [4.78, 5) is 8.96. The molecule has 0 amide bonds. The largest absolute Gasteiger partial charge is 0.413 e. The maximum atomic E-state index is 14.0. The molecule has 12 heteroatoms. The molecule has 2 N–H and O–H groups in total. The van der Waals surface area contributed by atoms with E-state index in [4.69, 9.17) is 11.6 Å². The zero-order valence-corrected chi connectivity index (χ0v) is 26.5. The van der Waals surface area contributed by atoms with Gasteiger partial charge in [-0.3, -0.25) is 9.97 Å². The molecule has 1 aliphatic rings. The fourth-order valence-corrected chi connectivity index (χ4v) is 5.86. The number of rotatable bonds is 8. The summed E-state index contributed by atoms with van der Waals surface area (Å²) < 4.78 is 43.0. The van der Waals surface area contributed by atoms with E-state index in [0.29, 0.717) is 45.1 Å². The number of hydrogen-bond acceptors (Lipinski definition) is 7. The van der Waals surface area contributed by atoms with Crippen molar-refractivity contribution in [2.75, 3.05) is 17.2 Å². The molecule has 2 aromatic carbocycles. The first-order valence-electron chi connectivity index (χ1n) is 14.8. The lowest BCUT2D eigenvalue weighted by atomic mass is 9.93. The molecule has 236 valence electrons. The third-order valence-electron chi connectivity index (χ3n) is 8.28. The maximum absolute atomic E-state index is 14.0. The van der Waals surface area contributed by atoms with E-state index in [1.165, 1.54) is 12.4 Å². The summed E-state index contributed by atoms with van der Waals surface area (Å²) in [6.45, 7) is 8.78. The minimum atomic E-state index is -4.45. The van der Waals surface area contributed by atoms with Crippen LogP contribution < -0.4 is 10.6 Å². The fourth-order valence-electron chi connectivity index (χ4n) is 5.59. The van der Waals surface area contributed by atoms with Gasteiger partial charge in [0.15, 0.2) is 5.54 Å². The van der Waals surface area contributed by atoms with Crippen LogP contribution in [0.1, 0.15) is 62.0 Å².